The lowest BCUT2D eigenvalue weighted by Gasteiger charge is -2.39. The molecule has 0 unspecified atom stereocenters. The topological polar surface area (TPSA) is 192 Å². The molecule has 1 atom stereocenters. The van der Waals surface area contributed by atoms with E-state index < -0.39 is 32.2 Å². The molecule has 3 amide bonds. The van der Waals surface area contributed by atoms with Crippen molar-refractivity contribution in [3.8, 4) is 28.4 Å². The van der Waals surface area contributed by atoms with Crippen molar-refractivity contribution < 1.29 is 43.2 Å². The number of carboxylic acid groups (broad SMARTS) is 1. The number of aromatic hydroxyl groups is 1. The van der Waals surface area contributed by atoms with E-state index in [0.717, 1.165) is 27.8 Å². The number of phenols is 1. The van der Waals surface area contributed by atoms with Gasteiger partial charge in [0.2, 0.25) is 5.56 Å². The Kier molecular flexibility index (Phi) is 17.6. The number of hydrogen-bond donors (Lipinski definition) is 5. The van der Waals surface area contributed by atoms with Crippen LogP contribution in [-0.2, 0) is 26.9 Å². The molecule has 0 bridgehead atoms. The Labute approximate surface area is 422 Å². The number of benzene rings is 4. The molecule has 1 aromatic heterocycles. The molecule has 1 aliphatic rings. The lowest BCUT2D eigenvalue weighted by Crippen LogP contribution is -2.47. The first-order valence-electron chi connectivity index (χ1n) is 24.1. The number of aromatic amines is 1. The van der Waals surface area contributed by atoms with Gasteiger partial charge in [-0.2, -0.15) is 0 Å². The van der Waals surface area contributed by atoms with Crippen LogP contribution in [0.2, 0.25) is 23.2 Å². The summed E-state index contributed by atoms with van der Waals surface area (Å²) in [4.78, 5) is 57.1. The fourth-order valence-electron chi connectivity index (χ4n) is 8.51. The largest absolute Gasteiger partial charge is 0.506 e. The van der Waals surface area contributed by atoms with Crippen LogP contribution in [0.3, 0.4) is 0 Å². The number of alkyl carbamates (subject to hydrolysis) is 1. The Bertz CT molecular complexity index is 2730. The first-order valence-corrected chi connectivity index (χ1v) is 27.4. The Balaban J connectivity index is 1.10. The molecule has 382 valence electrons. The lowest BCUT2D eigenvalue weighted by molar-refractivity contribution is -0.132. The molecule has 4 aromatic carbocycles. The second-order valence-corrected chi connectivity index (χ2v) is 25.9. The molecule has 0 spiro atoms. The summed E-state index contributed by atoms with van der Waals surface area (Å²) in [6.07, 6.45) is 0.781. The number of fused-ring (bicyclic) bond motifs is 1. The van der Waals surface area contributed by atoms with Gasteiger partial charge in [0, 0.05) is 67.4 Å². The summed E-state index contributed by atoms with van der Waals surface area (Å²) in [6, 6.07) is 25.0. The number of likely N-dealkylation sites (N-methyl/N-ethyl adjacent to an activating group) is 1. The molecule has 5 aromatic rings. The molecule has 17 heteroatoms. The fourth-order valence-corrected chi connectivity index (χ4v) is 10.0. The number of H-pyrrole nitrogens is 1. The summed E-state index contributed by atoms with van der Waals surface area (Å²) < 4.78 is 24.2. The Morgan fingerprint density at radius 1 is 0.915 bits per heavy atom. The summed E-state index contributed by atoms with van der Waals surface area (Å²) in [5.41, 5.74) is 4.06. The fraction of sp³-hybridized carbons (Fsp3) is 0.444. The van der Waals surface area contributed by atoms with Gasteiger partial charge in [-0.1, -0.05) is 80.9 Å². The molecule has 1 fully saturated rings. The summed E-state index contributed by atoms with van der Waals surface area (Å²) in [6.45, 7) is 17.1. The van der Waals surface area contributed by atoms with Gasteiger partial charge in [0.1, 0.15) is 22.8 Å². The van der Waals surface area contributed by atoms with E-state index in [-0.39, 0.29) is 46.7 Å². The third-order valence-corrected chi connectivity index (χ3v) is 18.2. The highest BCUT2D eigenvalue weighted by Crippen LogP contribution is 2.42. The first-order chi connectivity index (χ1) is 33.4. The third kappa shape index (κ3) is 14.1. The number of nitrogens with one attached hydrogen (secondary N) is 3. The van der Waals surface area contributed by atoms with Crippen LogP contribution in [0.25, 0.3) is 22.0 Å². The summed E-state index contributed by atoms with van der Waals surface area (Å²) in [5, 5.41) is 28.7. The summed E-state index contributed by atoms with van der Waals surface area (Å²) in [5.74, 6) is 0.475. The van der Waals surface area contributed by atoms with Crippen molar-refractivity contribution in [1.29, 1.82) is 0 Å². The standard InChI is InChI=1S/C54H70ClN5O10Si/c1-53(2,3)69-51(64)57-37-17-19-38(20-18-37)60(52(65)66)43-28-34(16-21-39(43)35-14-12-11-13-15-35)26-27-59(7)49(63)33-68-46-30-45(67-8)36(29-42(46)55)31-56-32-47(70-71(9,10)54(4,5)6)40-22-24-44(61)50-41(40)23-25-48(62)58-50/h11-16,21-25,28-30,37-38,47,56,61H,17-20,26-27,31-33H2,1-10H3,(H,57,64)(H,58,62)(H,65,66)/t37-,38-,47-/m0/s1. The van der Waals surface area contributed by atoms with Crippen molar-refractivity contribution in [3.05, 3.63) is 117 Å². The number of halogens is 1. The molecule has 1 aliphatic carbocycles. The number of nitrogens with zero attached hydrogens (tertiary/aromatic N) is 2. The van der Waals surface area contributed by atoms with Crippen molar-refractivity contribution in [2.75, 3.05) is 38.8 Å². The van der Waals surface area contributed by atoms with Gasteiger partial charge in [0.25, 0.3) is 5.91 Å². The maximum atomic E-state index is 13.5. The van der Waals surface area contributed by atoms with E-state index in [0.29, 0.717) is 79.1 Å². The predicted molar refractivity (Wildman–Crippen MR) is 282 cm³/mol. The van der Waals surface area contributed by atoms with E-state index in [1.165, 1.54) is 11.0 Å². The number of amides is 3. The molecule has 1 saturated carbocycles. The van der Waals surface area contributed by atoms with Gasteiger partial charge >= 0.3 is 12.2 Å². The molecule has 0 aliphatic heterocycles. The van der Waals surface area contributed by atoms with Crippen molar-refractivity contribution in [1.82, 2.24) is 20.5 Å². The average Bonchev–Trinajstić information content (AvgIpc) is 3.30. The minimum atomic E-state index is -2.32. The highest BCUT2D eigenvalue weighted by Gasteiger charge is 2.40. The Morgan fingerprint density at radius 3 is 2.27 bits per heavy atom. The van der Waals surface area contributed by atoms with Crippen LogP contribution in [0.4, 0.5) is 15.3 Å². The van der Waals surface area contributed by atoms with Gasteiger partial charge in [-0.25, -0.2) is 9.59 Å². The highest BCUT2D eigenvalue weighted by atomic mass is 35.5. The van der Waals surface area contributed by atoms with Gasteiger partial charge in [-0.3, -0.25) is 14.5 Å². The van der Waals surface area contributed by atoms with Crippen LogP contribution in [-0.4, -0.2) is 98.0 Å². The zero-order valence-electron chi connectivity index (χ0n) is 42.6. The van der Waals surface area contributed by atoms with Crippen LogP contribution in [0.5, 0.6) is 17.2 Å². The molecular formula is C54H70ClN5O10Si. The van der Waals surface area contributed by atoms with Crippen molar-refractivity contribution >= 4 is 54.6 Å². The second kappa shape index (κ2) is 23.0. The number of methoxy groups -OCH3 is 1. The van der Waals surface area contributed by atoms with Gasteiger partial charge in [0.15, 0.2) is 14.9 Å². The zero-order valence-corrected chi connectivity index (χ0v) is 44.4. The van der Waals surface area contributed by atoms with E-state index in [2.05, 4.69) is 49.5 Å². The predicted octanol–water partition coefficient (Wildman–Crippen LogP) is 10.8. The van der Waals surface area contributed by atoms with Crippen molar-refractivity contribution in [2.24, 2.45) is 0 Å². The maximum Gasteiger partial charge on any atom is 0.412 e. The van der Waals surface area contributed by atoms with E-state index >= 15 is 0 Å². The van der Waals surface area contributed by atoms with E-state index in [1.54, 1.807) is 43.3 Å². The number of rotatable bonds is 18. The number of carbonyl (C=O) groups excluding carboxylic acids is 2. The zero-order chi connectivity index (χ0) is 51.8. The molecule has 0 saturated heterocycles. The number of phenolic OH excluding ortho intramolecular Hbond substituents is 1. The monoisotopic (exact) mass is 1010 g/mol. The van der Waals surface area contributed by atoms with Crippen LogP contribution in [0.15, 0.2) is 89.7 Å². The smallest absolute Gasteiger partial charge is 0.412 e. The number of ether oxygens (including phenoxy) is 3. The highest BCUT2D eigenvalue weighted by molar-refractivity contribution is 6.74. The summed E-state index contributed by atoms with van der Waals surface area (Å²) in [7, 11) is 0.923. The molecule has 1 heterocycles. The van der Waals surface area contributed by atoms with Gasteiger partial charge in [0.05, 0.1) is 29.4 Å². The van der Waals surface area contributed by atoms with E-state index in [9.17, 15) is 29.4 Å². The van der Waals surface area contributed by atoms with Crippen molar-refractivity contribution in [3.63, 3.8) is 0 Å². The number of hydrogen-bond acceptors (Lipinski definition) is 10. The third-order valence-electron chi connectivity index (χ3n) is 13.4. The molecule has 5 N–H and O–H groups in total. The number of pyridine rings is 1. The number of anilines is 1. The Morgan fingerprint density at radius 2 is 1.62 bits per heavy atom. The quantitative estimate of drug-likeness (QED) is 0.0525. The minimum absolute atomic E-state index is 0.0242. The molecular weight excluding hydrogens is 942 g/mol. The molecule has 15 nitrogen and oxygen atoms in total. The SMILES string of the molecule is COc1cc(OCC(=O)N(C)CCc2ccc(-c3ccccc3)c(N(C(=O)O)[C@H]3CC[C@H](NC(=O)OC(C)(C)C)CC3)c2)c(Cl)cc1CNC[C@H](O[Si](C)(C)C(C)(C)C)c1ccc(O)c2[nH]c(=O)ccc12. The number of carbonyl (C=O) groups is 3. The summed E-state index contributed by atoms with van der Waals surface area (Å²) >= 11 is 6.78. The van der Waals surface area contributed by atoms with E-state index in [1.807, 2.05) is 75.4 Å². The first kappa shape index (κ1) is 54.3. The molecule has 6 rings (SSSR count). The second-order valence-electron chi connectivity index (χ2n) is 20.8. The van der Waals surface area contributed by atoms with Crippen LogP contribution >= 0.6 is 11.6 Å². The average molecular weight is 1010 g/mol. The maximum absolute atomic E-state index is 13.5. The van der Waals surface area contributed by atoms with Crippen LogP contribution in [0, 0.1) is 0 Å². The van der Waals surface area contributed by atoms with Gasteiger partial charge in [-0.15, -0.1) is 0 Å². The van der Waals surface area contributed by atoms with Crippen LogP contribution < -0.4 is 30.6 Å². The van der Waals surface area contributed by atoms with E-state index in [4.69, 9.17) is 30.2 Å². The number of aromatic nitrogens is 1. The molecule has 0 radical (unpaired) electrons. The lowest BCUT2D eigenvalue weighted by atomic mass is 9.89. The minimum Gasteiger partial charge on any atom is -0.506 e. The van der Waals surface area contributed by atoms with Crippen molar-refractivity contribution in [2.45, 2.75) is 122 Å². The van der Waals surface area contributed by atoms with Gasteiger partial charge < -0.3 is 49.4 Å². The molecule has 71 heavy (non-hydrogen) atoms. The normalized spacial score (nSPS) is 15.7. The van der Waals surface area contributed by atoms with Crippen LogP contribution in [0.1, 0.15) is 90.0 Å². The Hall–Kier alpha value is -6.07. The van der Waals surface area contributed by atoms with Gasteiger partial charge in [-0.05, 0) is 112 Å².